The zero-order chi connectivity index (χ0) is 13.3. The number of rotatable bonds is 1. The van der Waals surface area contributed by atoms with Gasteiger partial charge in [0.1, 0.15) is 0 Å². The first-order valence-corrected chi connectivity index (χ1v) is 8.27. The monoisotopic (exact) mass is 395 g/mol. The second kappa shape index (κ2) is 6.01. The fraction of sp³-hybridized carbons (Fsp3) is 0.462. The lowest BCUT2D eigenvalue weighted by Crippen LogP contribution is -2.44. The van der Waals surface area contributed by atoms with Crippen LogP contribution in [0, 0.1) is 3.57 Å². The highest BCUT2D eigenvalue weighted by atomic mass is 127. The largest absolute Gasteiger partial charge is 0.336 e. The summed E-state index contributed by atoms with van der Waals surface area (Å²) in [6.45, 7) is 5.97. The number of hydrogen-bond donors (Lipinski definition) is 0. The minimum absolute atomic E-state index is 0.0981. The van der Waals surface area contributed by atoms with E-state index in [2.05, 4.69) is 36.4 Å². The van der Waals surface area contributed by atoms with Crippen molar-refractivity contribution in [3.63, 3.8) is 0 Å². The van der Waals surface area contributed by atoms with Crippen LogP contribution in [-0.2, 0) is 0 Å². The lowest BCUT2D eigenvalue weighted by molar-refractivity contribution is 0.0752. The molecule has 1 amide bonds. The van der Waals surface area contributed by atoms with Crippen LogP contribution in [0.5, 0.6) is 0 Å². The summed E-state index contributed by atoms with van der Waals surface area (Å²) in [5, 5.41) is 1.61. The molecular formula is C13H15ClINOS. The molecule has 0 aliphatic carbocycles. The lowest BCUT2D eigenvalue weighted by Gasteiger charge is -2.34. The quantitative estimate of drug-likeness (QED) is 0.672. The molecule has 1 aromatic carbocycles. The van der Waals surface area contributed by atoms with E-state index >= 15 is 0 Å². The van der Waals surface area contributed by atoms with Gasteiger partial charge in [-0.25, -0.2) is 0 Å². The Hall–Kier alpha value is 0.0600. The van der Waals surface area contributed by atoms with Crippen LogP contribution < -0.4 is 0 Å². The predicted octanol–water partition coefficient (Wildman–Crippen LogP) is 3.91. The summed E-state index contributed by atoms with van der Waals surface area (Å²) in [6.07, 6.45) is 0. The van der Waals surface area contributed by atoms with Crippen molar-refractivity contribution >= 4 is 51.9 Å². The van der Waals surface area contributed by atoms with Gasteiger partial charge in [0.25, 0.3) is 5.91 Å². The first kappa shape index (κ1) is 14.5. The molecule has 2 unspecified atom stereocenters. The molecule has 1 fully saturated rings. The maximum Gasteiger partial charge on any atom is 0.255 e. The van der Waals surface area contributed by atoms with Crippen molar-refractivity contribution in [1.29, 1.82) is 0 Å². The molecule has 18 heavy (non-hydrogen) atoms. The molecule has 0 aromatic heterocycles. The number of carbonyl (C=O) groups is 1. The average Bonchev–Trinajstić information content (AvgIpc) is 2.30. The summed E-state index contributed by atoms with van der Waals surface area (Å²) >= 11 is 10.1. The van der Waals surface area contributed by atoms with Gasteiger partial charge in [0.2, 0.25) is 0 Å². The van der Waals surface area contributed by atoms with Gasteiger partial charge in [0, 0.05) is 32.2 Å². The van der Waals surface area contributed by atoms with Crippen LogP contribution in [0.4, 0.5) is 0 Å². The molecule has 0 N–H and O–H groups in total. The van der Waals surface area contributed by atoms with Gasteiger partial charge in [0.15, 0.2) is 0 Å². The maximum absolute atomic E-state index is 12.5. The standard InChI is InChI=1S/C13H15ClINOS/c1-8-6-16(7-9(2)18-8)13(17)11-5-10(14)3-4-12(11)15/h3-5,8-9H,6-7H2,1-2H3. The second-order valence-electron chi connectivity index (χ2n) is 4.59. The van der Waals surface area contributed by atoms with Crippen LogP contribution in [0.25, 0.3) is 0 Å². The van der Waals surface area contributed by atoms with E-state index in [9.17, 15) is 4.79 Å². The normalized spacial score (nSPS) is 24.1. The summed E-state index contributed by atoms with van der Waals surface area (Å²) in [5.41, 5.74) is 0.717. The number of carbonyl (C=O) groups excluding carboxylic acids is 1. The zero-order valence-electron chi connectivity index (χ0n) is 10.3. The average molecular weight is 396 g/mol. The summed E-state index contributed by atoms with van der Waals surface area (Å²) in [6, 6.07) is 5.47. The molecule has 1 aliphatic heterocycles. The highest BCUT2D eigenvalue weighted by molar-refractivity contribution is 14.1. The third-order valence-electron chi connectivity index (χ3n) is 2.87. The summed E-state index contributed by atoms with van der Waals surface area (Å²) in [7, 11) is 0. The number of nitrogens with zero attached hydrogens (tertiary/aromatic N) is 1. The fourth-order valence-electron chi connectivity index (χ4n) is 2.18. The van der Waals surface area contributed by atoms with E-state index < -0.39 is 0 Å². The topological polar surface area (TPSA) is 20.3 Å². The van der Waals surface area contributed by atoms with Gasteiger partial charge in [-0.1, -0.05) is 25.4 Å². The smallest absolute Gasteiger partial charge is 0.255 e. The van der Waals surface area contributed by atoms with Gasteiger partial charge in [-0.2, -0.15) is 11.8 Å². The zero-order valence-corrected chi connectivity index (χ0v) is 14.1. The molecule has 2 nitrogen and oxygen atoms in total. The predicted molar refractivity (Wildman–Crippen MR) is 86.6 cm³/mol. The number of halogens is 2. The van der Waals surface area contributed by atoms with E-state index in [1.165, 1.54) is 0 Å². The molecule has 1 saturated heterocycles. The van der Waals surface area contributed by atoms with Crippen molar-refractivity contribution in [2.45, 2.75) is 24.3 Å². The van der Waals surface area contributed by atoms with Crippen LogP contribution >= 0.6 is 46.0 Å². The fourth-order valence-corrected chi connectivity index (χ4v) is 4.24. The first-order chi connectivity index (χ1) is 8.47. The first-order valence-electron chi connectivity index (χ1n) is 5.87. The van der Waals surface area contributed by atoms with Crippen molar-refractivity contribution in [2.75, 3.05) is 13.1 Å². The Morgan fingerprint density at radius 2 is 2.00 bits per heavy atom. The van der Waals surface area contributed by atoms with E-state index in [1.54, 1.807) is 6.07 Å². The molecule has 0 saturated carbocycles. The highest BCUT2D eigenvalue weighted by Gasteiger charge is 2.27. The van der Waals surface area contributed by atoms with Crippen LogP contribution in [0.1, 0.15) is 24.2 Å². The molecule has 98 valence electrons. The molecule has 1 aromatic rings. The van der Waals surface area contributed by atoms with Crippen molar-refractivity contribution in [2.24, 2.45) is 0 Å². The van der Waals surface area contributed by atoms with E-state index in [1.807, 2.05) is 28.8 Å². The Kier molecular flexibility index (Phi) is 4.83. The van der Waals surface area contributed by atoms with Gasteiger partial charge in [0.05, 0.1) is 5.56 Å². The molecule has 0 spiro atoms. The lowest BCUT2D eigenvalue weighted by atomic mass is 10.2. The van der Waals surface area contributed by atoms with Crippen molar-refractivity contribution < 1.29 is 4.79 Å². The molecule has 5 heteroatoms. The number of hydrogen-bond acceptors (Lipinski definition) is 2. The molecule has 0 bridgehead atoms. The van der Waals surface area contributed by atoms with Gasteiger partial charge in [-0.3, -0.25) is 4.79 Å². The SMILES string of the molecule is CC1CN(C(=O)c2cc(Cl)ccc2I)CC(C)S1. The number of amides is 1. The number of benzene rings is 1. The molecule has 1 aliphatic rings. The molecular weight excluding hydrogens is 381 g/mol. The van der Waals surface area contributed by atoms with Gasteiger partial charge < -0.3 is 4.90 Å². The molecule has 2 atom stereocenters. The van der Waals surface area contributed by atoms with Gasteiger partial charge in [-0.05, 0) is 40.8 Å². The Morgan fingerprint density at radius 1 is 1.39 bits per heavy atom. The van der Waals surface area contributed by atoms with E-state index in [0.717, 1.165) is 22.2 Å². The summed E-state index contributed by atoms with van der Waals surface area (Å²) in [4.78, 5) is 14.5. The van der Waals surface area contributed by atoms with E-state index in [0.29, 0.717) is 15.5 Å². The number of thioether (sulfide) groups is 1. The molecule has 0 radical (unpaired) electrons. The maximum atomic E-state index is 12.5. The minimum Gasteiger partial charge on any atom is -0.336 e. The van der Waals surface area contributed by atoms with Crippen molar-refractivity contribution in [1.82, 2.24) is 4.90 Å². The van der Waals surface area contributed by atoms with Crippen LogP contribution in [0.2, 0.25) is 5.02 Å². The molecule has 2 rings (SSSR count). The third-order valence-corrected chi connectivity index (χ3v) is 5.27. The van der Waals surface area contributed by atoms with Gasteiger partial charge >= 0.3 is 0 Å². The van der Waals surface area contributed by atoms with Crippen LogP contribution in [-0.4, -0.2) is 34.4 Å². The minimum atomic E-state index is 0.0981. The van der Waals surface area contributed by atoms with Crippen molar-refractivity contribution in [3.05, 3.63) is 32.4 Å². The summed E-state index contributed by atoms with van der Waals surface area (Å²) in [5.74, 6) is 0.0981. The van der Waals surface area contributed by atoms with Crippen LogP contribution in [0.15, 0.2) is 18.2 Å². The second-order valence-corrected chi connectivity index (χ2v) is 8.07. The van der Waals surface area contributed by atoms with Crippen molar-refractivity contribution in [3.8, 4) is 0 Å². The summed E-state index contributed by atoms with van der Waals surface area (Å²) < 4.78 is 0.959. The Bertz CT molecular complexity index is 458. The highest BCUT2D eigenvalue weighted by Crippen LogP contribution is 2.27. The Labute approximate surface area is 131 Å². The third kappa shape index (κ3) is 3.33. The van der Waals surface area contributed by atoms with E-state index in [4.69, 9.17) is 11.6 Å². The van der Waals surface area contributed by atoms with Crippen LogP contribution in [0.3, 0.4) is 0 Å². The molecule has 1 heterocycles. The Morgan fingerprint density at radius 3 is 2.61 bits per heavy atom. The van der Waals surface area contributed by atoms with E-state index in [-0.39, 0.29) is 5.91 Å². The Balaban J connectivity index is 2.22. The van der Waals surface area contributed by atoms with Gasteiger partial charge in [-0.15, -0.1) is 0 Å².